The molecule has 0 spiro atoms. The topological polar surface area (TPSA) is 94.3 Å². The zero-order valence-corrected chi connectivity index (χ0v) is 15.9. The Kier molecular flexibility index (Phi) is 6.13. The van der Waals surface area contributed by atoms with Gasteiger partial charge in [0.2, 0.25) is 11.7 Å². The molecule has 26 heavy (non-hydrogen) atoms. The van der Waals surface area contributed by atoms with Crippen molar-refractivity contribution in [1.82, 2.24) is 10.1 Å². The van der Waals surface area contributed by atoms with Crippen LogP contribution in [0.3, 0.4) is 0 Å². The van der Waals surface area contributed by atoms with Gasteiger partial charge < -0.3 is 14.6 Å². The van der Waals surface area contributed by atoms with E-state index in [9.17, 15) is 9.59 Å². The smallest absolute Gasteiger partial charge is 0.306 e. The van der Waals surface area contributed by atoms with Gasteiger partial charge in [0.25, 0.3) is 5.91 Å². The van der Waals surface area contributed by atoms with Crippen LogP contribution in [0.25, 0.3) is 11.4 Å². The molecule has 134 valence electrons. The van der Waals surface area contributed by atoms with Crippen molar-refractivity contribution in [2.45, 2.75) is 12.8 Å². The van der Waals surface area contributed by atoms with Gasteiger partial charge in [0, 0.05) is 27.5 Å². The van der Waals surface area contributed by atoms with Crippen LogP contribution in [0, 0.1) is 0 Å². The summed E-state index contributed by atoms with van der Waals surface area (Å²) in [6.45, 7) is -0.348. The van der Waals surface area contributed by atoms with Crippen LogP contribution in [0.1, 0.15) is 12.3 Å². The number of thiophene rings is 1. The fraction of sp³-hybridized carbons (Fsp3) is 0.176. The summed E-state index contributed by atoms with van der Waals surface area (Å²) in [5, 5.41) is 10.3. The van der Waals surface area contributed by atoms with Crippen molar-refractivity contribution in [3.8, 4) is 11.4 Å². The number of hydrogen-bond acceptors (Lipinski definition) is 7. The highest BCUT2D eigenvalue weighted by Gasteiger charge is 2.13. The molecule has 3 rings (SSSR count). The molecule has 0 atom stereocenters. The number of hydrogen-bond donors (Lipinski definition) is 1. The standard InChI is InChI=1S/C17H14BrN3O4S/c18-12-1-3-13(4-2-12)19-14(22)9-24-16(23)6-5-15-20-17(21-25-15)11-7-8-26-10-11/h1-4,7-8,10H,5-6,9H2,(H,19,22). The quantitative estimate of drug-likeness (QED) is 0.568. The molecule has 1 amide bonds. The normalized spacial score (nSPS) is 10.5. The highest BCUT2D eigenvalue weighted by molar-refractivity contribution is 9.10. The fourth-order valence-corrected chi connectivity index (χ4v) is 2.92. The lowest BCUT2D eigenvalue weighted by Crippen LogP contribution is -2.21. The van der Waals surface area contributed by atoms with E-state index in [1.807, 2.05) is 16.8 Å². The van der Waals surface area contributed by atoms with E-state index in [-0.39, 0.29) is 19.4 Å². The summed E-state index contributed by atoms with van der Waals surface area (Å²) in [4.78, 5) is 27.7. The zero-order valence-electron chi connectivity index (χ0n) is 13.5. The lowest BCUT2D eigenvalue weighted by molar-refractivity contribution is -0.147. The fourth-order valence-electron chi connectivity index (χ4n) is 2.02. The van der Waals surface area contributed by atoms with E-state index in [0.717, 1.165) is 10.0 Å². The first-order chi connectivity index (χ1) is 12.6. The number of esters is 1. The Labute approximate surface area is 161 Å². The van der Waals surface area contributed by atoms with Crippen molar-refractivity contribution in [2.75, 3.05) is 11.9 Å². The molecule has 0 radical (unpaired) electrons. The minimum atomic E-state index is -0.508. The minimum absolute atomic E-state index is 0.0524. The lowest BCUT2D eigenvalue weighted by atomic mass is 10.3. The average molecular weight is 436 g/mol. The Morgan fingerprint density at radius 2 is 2.04 bits per heavy atom. The Balaban J connectivity index is 1.40. The number of aryl methyl sites for hydroxylation is 1. The number of rotatable bonds is 7. The van der Waals surface area contributed by atoms with Crippen LogP contribution in [0.5, 0.6) is 0 Å². The number of aromatic nitrogens is 2. The average Bonchev–Trinajstić information content (AvgIpc) is 3.31. The van der Waals surface area contributed by atoms with Gasteiger partial charge in [0.1, 0.15) is 0 Å². The number of benzene rings is 1. The molecule has 2 aromatic heterocycles. The minimum Gasteiger partial charge on any atom is -0.456 e. The van der Waals surface area contributed by atoms with Crippen LogP contribution in [-0.4, -0.2) is 28.6 Å². The summed E-state index contributed by atoms with van der Waals surface area (Å²) < 4.78 is 11.0. The molecule has 0 aliphatic carbocycles. The number of ether oxygens (including phenoxy) is 1. The van der Waals surface area contributed by atoms with Gasteiger partial charge in [-0.05, 0) is 35.7 Å². The zero-order chi connectivity index (χ0) is 18.4. The van der Waals surface area contributed by atoms with Crippen molar-refractivity contribution in [2.24, 2.45) is 0 Å². The Hall–Kier alpha value is -2.52. The van der Waals surface area contributed by atoms with Crippen LogP contribution < -0.4 is 5.32 Å². The molecule has 7 nitrogen and oxygen atoms in total. The maximum Gasteiger partial charge on any atom is 0.306 e. The first kappa shape index (κ1) is 18.3. The van der Waals surface area contributed by atoms with E-state index >= 15 is 0 Å². The molecule has 0 saturated heterocycles. The monoisotopic (exact) mass is 435 g/mol. The van der Waals surface area contributed by atoms with Crippen LogP contribution in [0.15, 0.2) is 50.1 Å². The predicted octanol–water partition coefficient (Wildman–Crippen LogP) is 3.68. The third-order valence-corrected chi connectivity index (χ3v) is 4.49. The molecule has 1 N–H and O–H groups in total. The van der Waals surface area contributed by atoms with Crippen LogP contribution in [-0.2, 0) is 20.7 Å². The van der Waals surface area contributed by atoms with Gasteiger partial charge in [0.05, 0.1) is 6.42 Å². The predicted molar refractivity (Wildman–Crippen MR) is 99.7 cm³/mol. The van der Waals surface area contributed by atoms with Gasteiger partial charge in [0.15, 0.2) is 6.61 Å². The number of nitrogens with zero attached hydrogens (tertiary/aromatic N) is 2. The van der Waals surface area contributed by atoms with Crippen molar-refractivity contribution in [1.29, 1.82) is 0 Å². The Morgan fingerprint density at radius 1 is 1.23 bits per heavy atom. The molecule has 0 aliphatic heterocycles. The second kappa shape index (κ2) is 8.72. The molecule has 0 fully saturated rings. The summed E-state index contributed by atoms with van der Waals surface area (Å²) in [7, 11) is 0. The van der Waals surface area contributed by atoms with Gasteiger partial charge in [-0.3, -0.25) is 9.59 Å². The van der Waals surface area contributed by atoms with E-state index < -0.39 is 11.9 Å². The molecule has 2 heterocycles. The maximum absolute atomic E-state index is 11.8. The van der Waals surface area contributed by atoms with Crippen molar-refractivity contribution in [3.63, 3.8) is 0 Å². The van der Waals surface area contributed by atoms with Crippen LogP contribution in [0.2, 0.25) is 0 Å². The summed E-state index contributed by atoms with van der Waals surface area (Å²) >= 11 is 4.85. The van der Waals surface area contributed by atoms with Crippen molar-refractivity contribution < 1.29 is 18.8 Å². The largest absolute Gasteiger partial charge is 0.456 e. The SMILES string of the molecule is O=C(COC(=O)CCc1nc(-c2ccsc2)no1)Nc1ccc(Br)cc1. The van der Waals surface area contributed by atoms with E-state index in [1.165, 1.54) is 11.3 Å². The maximum atomic E-state index is 11.8. The first-order valence-corrected chi connectivity index (χ1v) is 9.40. The molecule has 3 aromatic rings. The molecule has 1 aromatic carbocycles. The third-order valence-electron chi connectivity index (χ3n) is 3.28. The summed E-state index contributed by atoms with van der Waals surface area (Å²) in [5.74, 6) is -0.0737. The number of halogens is 1. The van der Waals surface area contributed by atoms with Crippen LogP contribution in [0.4, 0.5) is 5.69 Å². The van der Waals surface area contributed by atoms with Crippen molar-refractivity contribution in [3.05, 3.63) is 51.5 Å². The van der Waals surface area contributed by atoms with Gasteiger partial charge in [-0.1, -0.05) is 21.1 Å². The number of carbonyl (C=O) groups excluding carboxylic acids is 2. The number of anilines is 1. The molecule has 0 aliphatic rings. The Morgan fingerprint density at radius 3 is 2.77 bits per heavy atom. The molecule has 0 saturated carbocycles. The number of nitrogens with one attached hydrogen (secondary N) is 1. The molecule has 9 heteroatoms. The molecular weight excluding hydrogens is 422 g/mol. The van der Waals surface area contributed by atoms with Crippen LogP contribution >= 0.6 is 27.3 Å². The second-order valence-electron chi connectivity index (χ2n) is 5.24. The molecule has 0 bridgehead atoms. The van der Waals surface area contributed by atoms with Gasteiger partial charge >= 0.3 is 5.97 Å². The third kappa shape index (κ3) is 5.24. The Bertz CT molecular complexity index is 878. The van der Waals surface area contributed by atoms with Crippen molar-refractivity contribution >= 4 is 44.8 Å². The first-order valence-electron chi connectivity index (χ1n) is 7.66. The van der Waals surface area contributed by atoms with Gasteiger partial charge in [-0.15, -0.1) is 0 Å². The molecular formula is C17H14BrN3O4S. The second-order valence-corrected chi connectivity index (χ2v) is 6.94. The van der Waals surface area contributed by atoms with E-state index in [4.69, 9.17) is 9.26 Å². The summed E-state index contributed by atoms with van der Waals surface area (Å²) in [5.41, 5.74) is 1.50. The molecule has 0 unspecified atom stereocenters. The van der Waals surface area contributed by atoms with E-state index in [2.05, 4.69) is 31.4 Å². The summed E-state index contributed by atoms with van der Waals surface area (Å²) in [6, 6.07) is 8.97. The highest BCUT2D eigenvalue weighted by Crippen LogP contribution is 2.19. The van der Waals surface area contributed by atoms with E-state index in [0.29, 0.717) is 17.4 Å². The van der Waals surface area contributed by atoms with Gasteiger partial charge in [-0.25, -0.2) is 0 Å². The summed E-state index contributed by atoms with van der Waals surface area (Å²) in [6.07, 6.45) is 0.307. The number of carbonyl (C=O) groups is 2. The number of amides is 1. The lowest BCUT2D eigenvalue weighted by Gasteiger charge is -2.06. The van der Waals surface area contributed by atoms with Gasteiger partial charge in [-0.2, -0.15) is 16.3 Å². The highest BCUT2D eigenvalue weighted by atomic mass is 79.9. The van der Waals surface area contributed by atoms with E-state index in [1.54, 1.807) is 24.3 Å².